The van der Waals surface area contributed by atoms with E-state index in [1.807, 2.05) is 43.5 Å². The van der Waals surface area contributed by atoms with E-state index in [1.165, 1.54) is 29.7 Å². The highest BCUT2D eigenvalue weighted by Crippen LogP contribution is 2.36. The lowest BCUT2D eigenvalue weighted by atomic mass is 10.1. The number of hydrogen-bond donors (Lipinski definition) is 3. The molecule has 2 heterocycles. The maximum Gasteiger partial charge on any atom is 0.211 e. The summed E-state index contributed by atoms with van der Waals surface area (Å²) in [5.74, 6) is -0.846. The molecule has 0 amide bonds. The van der Waals surface area contributed by atoms with Gasteiger partial charge >= 0.3 is 0 Å². The first kappa shape index (κ1) is 19.5. The summed E-state index contributed by atoms with van der Waals surface area (Å²) >= 11 is 1.40. The molecule has 0 spiro atoms. The summed E-state index contributed by atoms with van der Waals surface area (Å²) in [5.41, 5.74) is 3.89. The van der Waals surface area contributed by atoms with Gasteiger partial charge in [-0.3, -0.25) is 0 Å². The van der Waals surface area contributed by atoms with Crippen LogP contribution >= 0.6 is 11.3 Å². The minimum Gasteiger partial charge on any atom is -0.504 e. The van der Waals surface area contributed by atoms with Crippen LogP contribution in [-0.2, 0) is 0 Å². The summed E-state index contributed by atoms with van der Waals surface area (Å²) in [4.78, 5) is 5.38. The third-order valence-corrected chi connectivity index (χ3v) is 5.33. The van der Waals surface area contributed by atoms with Crippen LogP contribution in [-0.4, -0.2) is 26.2 Å². The van der Waals surface area contributed by atoms with E-state index >= 15 is 0 Å². The lowest BCUT2D eigenvalue weighted by Gasteiger charge is -2.05. The van der Waals surface area contributed by atoms with Gasteiger partial charge in [-0.15, -0.1) is 11.3 Å². The summed E-state index contributed by atoms with van der Waals surface area (Å²) in [7, 11) is 0. The molecule has 3 N–H and O–H groups in total. The largest absolute Gasteiger partial charge is 0.504 e. The van der Waals surface area contributed by atoms with E-state index < -0.39 is 17.2 Å². The van der Waals surface area contributed by atoms with Crippen LogP contribution in [0.1, 0.15) is 16.7 Å². The lowest BCUT2D eigenvalue weighted by molar-refractivity contribution is 0.367. The highest BCUT2D eigenvalue weighted by atomic mass is 32.1. The van der Waals surface area contributed by atoms with E-state index in [9.17, 15) is 15.3 Å². The molecule has 4 rings (SSSR count). The van der Waals surface area contributed by atoms with E-state index in [2.05, 4.69) is 5.10 Å². The average Bonchev–Trinajstić information content (AvgIpc) is 3.38. The Labute approximate surface area is 176 Å². The number of phenolic OH excluding ortho intramolecular Hbond substituents is 3. The number of hydrogen-bond acceptors (Lipinski definition) is 7. The molecule has 8 heteroatoms. The van der Waals surface area contributed by atoms with Crippen LogP contribution in [0.3, 0.4) is 0 Å². The summed E-state index contributed by atoms with van der Waals surface area (Å²) < 4.78 is 7.13. The molecule has 0 unspecified atom stereocenters. The number of aromatic nitrogens is 1. The van der Waals surface area contributed by atoms with Crippen LogP contribution in [0.2, 0.25) is 0 Å². The van der Waals surface area contributed by atoms with Crippen molar-refractivity contribution in [2.45, 2.75) is 13.8 Å². The van der Waals surface area contributed by atoms with Gasteiger partial charge in [-0.05, 0) is 55.3 Å². The fourth-order valence-electron chi connectivity index (χ4n) is 2.84. The second kappa shape index (κ2) is 7.92. The second-order valence-electron chi connectivity index (χ2n) is 6.71. The maximum atomic E-state index is 10.1. The van der Waals surface area contributed by atoms with Crippen molar-refractivity contribution < 1.29 is 19.7 Å². The highest BCUT2D eigenvalue weighted by molar-refractivity contribution is 7.07. The van der Waals surface area contributed by atoms with Crippen molar-refractivity contribution >= 4 is 23.2 Å². The topological polar surface area (TPSA) is 103 Å². The van der Waals surface area contributed by atoms with Gasteiger partial charge in [0.2, 0.25) is 10.6 Å². The van der Waals surface area contributed by atoms with Crippen LogP contribution in [0, 0.1) is 13.8 Å². The molecule has 0 saturated heterocycles. The molecule has 0 aliphatic rings. The van der Waals surface area contributed by atoms with Gasteiger partial charge in [0, 0.05) is 10.9 Å². The third-order valence-electron chi connectivity index (χ3n) is 4.51. The number of aryl methyl sites for hydroxylation is 2. The normalized spacial score (nSPS) is 12.1. The number of thiazole rings is 1. The van der Waals surface area contributed by atoms with Crippen LogP contribution in [0.5, 0.6) is 17.2 Å². The number of furan rings is 1. The number of phenols is 3. The second-order valence-corrected chi connectivity index (χ2v) is 7.55. The standard InChI is InChI=1S/C22H19N3O4S/c1-13-5-6-14(2)16(10-13)24-22-25(17(12-30-22)19-4-3-9-29-19)23-11-15-7-8-18(26)21(28)20(15)27/h3-12,26-28H,1-2H3. The number of aromatic hydroxyl groups is 3. The molecule has 0 aliphatic heterocycles. The Morgan fingerprint density at radius 3 is 2.63 bits per heavy atom. The fraction of sp³-hybridized carbons (Fsp3) is 0.0909. The first-order chi connectivity index (χ1) is 14.4. The van der Waals surface area contributed by atoms with Crippen molar-refractivity contribution in [1.82, 2.24) is 4.68 Å². The fourth-order valence-corrected chi connectivity index (χ4v) is 3.66. The monoisotopic (exact) mass is 421 g/mol. The van der Waals surface area contributed by atoms with E-state index in [0.717, 1.165) is 16.8 Å². The van der Waals surface area contributed by atoms with Crippen molar-refractivity contribution in [3.8, 4) is 28.7 Å². The average molecular weight is 421 g/mol. The molecule has 0 fully saturated rings. The molecule has 0 radical (unpaired) electrons. The highest BCUT2D eigenvalue weighted by Gasteiger charge is 2.12. The SMILES string of the molecule is Cc1ccc(C)c(N=c2scc(-c3ccco3)n2N=Cc2ccc(O)c(O)c2O)c1. The molecular formula is C22H19N3O4S. The Balaban J connectivity index is 1.87. The lowest BCUT2D eigenvalue weighted by Crippen LogP contribution is -2.11. The number of benzene rings is 2. The van der Waals surface area contributed by atoms with Crippen molar-refractivity contribution in [2.24, 2.45) is 10.1 Å². The zero-order valence-electron chi connectivity index (χ0n) is 16.3. The Kier molecular flexibility index (Phi) is 5.16. The summed E-state index contributed by atoms with van der Waals surface area (Å²) in [6, 6.07) is 12.4. The minimum atomic E-state index is -0.596. The van der Waals surface area contributed by atoms with Gasteiger partial charge in [0.1, 0.15) is 5.69 Å². The first-order valence-corrected chi connectivity index (χ1v) is 9.96. The van der Waals surface area contributed by atoms with Crippen molar-refractivity contribution in [3.63, 3.8) is 0 Å². The summed E-state index contributed by atoms with van der Waals surface area (Å²) in [6.07, 6.45) is 2.96. The van der Waals surface area contributed by atoms with Gasteiger partial charge in [0.05, 0.1) is 18.2 Å². The van der Waals surface area contributed by atoms with Crippen molar-refractivity contribution in [1.29, 1.82) is 0 Å². The molecular weight excluding hydrogens is 402 g/mol. The van der Waals surface area contributed by atoms with E-state index in [1.54, 1.807) is 17.0 Å². The minimum absolute atomic E-state index is 0.243. The van der Waals surface area contributed by atoms with Gasteiger partial charge in [-0.2, -0.15) is 5.10 Å². The van der Waals surface area contributed by atoms with Crippen LogP contribution in [0.15, 0.2) is 68.6 Å². The Bertz CT molecular complexity index is 1300. The van der Waals surface area contributed by atoms with Crippen LogP contribution < -0.4 is 4.80 Å². The molecule has 4 aromatic rings. The van der Waals surface area contributed by atoms with Gasteiger partial charge in [-0.1, -0.05) is 12.1 Å². The molecule has 0 bridgehead atoms. The van der Waals surface area contributed by atoms with E-state index in [4.69, 9.17) is 9.41 Å². The number of nitrogens with zero attached hydrogens (tertiary/aromatic N) is 3. The molecule has 30 heavy (non-hydrogen) atoms. The van der Waals surface area contributed by atoms with Gasteiger partial charge in [0.15, 0.2) is 17.3 Å². The third kappa shape index (κ3) is 3.72. The molecule has 152 valence electrons. The molecule has 2 aromatic carbocycles. The zero-order chi connectivity index (χ0) is 21.3. The van der Waals surface area contributed by atoms with Gasteiger partial charge < -0.3 is 19.7 Å². The Morgan fingerprint density at radius 2 is 1.87 bits per heavy atom. The van der Waals surface area contributed by atoms with E-state index in [0.29, 0.717) is 16.3 Å². The smallest absolute Gasteiger partial charge is 0.211 e. The summed E-state index contributed by atoms with van der Waals surface area (Å²) in [6.45, 7) is 4.00. The molecule has 0 saturated carbocycles. The molecule has 7 nitrogen and oxygen atoms in total. The predicted molar refractivity (Wildman–Crippen MR) is 116 cm³/mol. The van der Waals surface area contributed by atoms with Gasteiger partial charge in [0.25, 0.3) is 0 Å². The molecule has 0 aliphatic carbocycles. The first-order valence-electron chi connectivity index (χ1n) is 9.08. The molecule has 2 aromatic heterocycles. The van der Waals surface area contributed by atoms with Crippen LogP contribution in [0.4, 0.5) is 5.69 Å². The molecule has 0 atom stereocenters. The van der Waals surface area contributed by atoms with Crippen molar-refractivity contribution in [3.05, 3.63) is 75.6 Å². The predicted octanol–water partition coefficient (Wildman–Crippen LogP) is 4.66. The Morgan fingerprint density at radius 1 is 1.03 bits per heavy atom. The van der Waals surface area contributed by atoms with E-state index in [-0.39, 0.29) is 5.56 Å². The maximum absolute atomic E-state index is 10.1. The zero-order valence-corrected chi connectivity index (χ0v) is 17.1. The van der Waals surface area contributed by atoms with Gasteiger partial charge in [-0.25, -0.2) is 9.67 Å². The van der Waals surface area contributed by atoms with Crippen molar-refractivity contribution in [2.75, 3.05) is 0 Å². The Hall–Kier alpha value is -3.78. The summed E-state index contributed by atoms with van der Waals surface area (Å²) in [5, 5.41) is 35.7. The van der Waals surface area contributed by atoms with Crippen LogP contribution in [0.25, 0.3) is 11.5 Å². The number of rotatable bonds is 4. The quantitative estimate of drug-likeness (QED) is 0.329.